The third-order valence-electron chi connectivity index (χ3n) is 7.96. The van der Waals surface area contributed by atoms with E-state index in [0.717, 1.165) is 31.5 Å². The molecule has 6 rings (SSSR count). The Morgan fingerprint density at radius 3 is 2.48 bits per heavy atom. The number of halogens is 4. The predicted molar refractivity (Wildman–Crippen MR) is 149 cm³/mol. The number of amides is 2. The van der Waals surface area contributed by atoms with Gasteiger partial charge in [0.15, 0.2) is 0 Å². The highest BCUT2D eigenvalue weighted by Crippen LogP contribution is 2.47. The second-order valence-electron chi connectivity index (χ2n) is 10.6. The molecule has 0 saturated carbocycles. The van der Waals surface area contributed by atoms with E-state index in [1.807, 2.05) is 0 Å². The molecule has 2 amide bonds. The molecule has 4 heterocycles. The van der Waals surface area contributed by atoms with Crippen molar-refractivity contribution in [2.24, 2.45) is 0 Å². The molecule has 10 nitrogen and oxygen atoms in total. The van der Waals surface area contributed by atoms with E-state index < -0.39 is 59.3 Å². The SMILES string of the molecule is Cc1ccc(S(=O)(=O)n2c(CN3C(=O)c4cc(F)ccc4[C@]34CCN(CCOC(F)(F)F)C4=O)cc3nc(N)ccc32)cc1. The third kappa shape index (κ3) is 4.76. The zero-order chi connectivity index (χ0) is 31.6. The van der Waals surface area contributed by atoms with E-state index in [1.165, 1.54) is 36.4 Å². The molecule has 44 heavy (non-hydrogen) atoms. The van der Waals surface area contributed by atoms with Crippen LogP contribution in [0, 0.1) is 12.7 Å². The molecular formula is C29H25F4N5O5S. The summed E-state index contributed by atoms with van der Waals surface area (Å²) in [6, 6.07) is 13.9. The fourth-order valence-corrected chi connectivity index (χ4v) is 7.50. The van der Waals surface area contributed by atoms with Gasteiger partial charge in [-0.05, 0) is 49.4 Å². The van der Waals surface area contributed by atoms with Crippen LogP contribution >= 0.6 is 0 Å². The molecule has 0 bridgehead atoms. The van der Waals surface area contributed by atoms with Crippen LogP contribution in [0.5, 0.6) is 0 Å². The number of ether oxygens (including phenoxy) is 1. The van der Waals surface area contributed by atoms with Crippen LogP contribution in [0.2, 0.25) is 0 Å². The van der Waals surface area contributed by atoms with Gasteiger partial charge in [0.1, 0.15) is 17.2 Å². The molecule has 4 aromatic rings. The summed E-state index contributed by atoms with van der Waals surface area (Å²) in [6.45, 7) is 0.101. The maximum atomic E-state index is 14.3. The maximum Gasteiger partial charge on any atom is 0.522 e. The number of pyridine rings is 1. The minimum atomic E-state index is -4.90. The van der Waals surface area contributed by atoms with Crippen LogP contribution in [0.4, 0.5) is 23.4 Å². The van der Waals surface area contributed by atoms with E-state index in [0.29, 0.717) is 0 Å². The van der Waals surface area contributed by atoms with Gasteiger partial charge in [0, 0.05) is 30.6 Å². The van der Waals surface area contributed by atoms with Crippen LogP contribution in [0.3, 0.4) is 0 Å². The topological polar surface area (TPSA) is 128 Å². The smallest absolute Gasteiger partial charge is 0.384 e. The second kappa shape index (κ2) is 10.3. The molecule has 1 saturated heterocycles. The van der Waals surface area contributed by atoms with Crippen LogP contribution in [-0.2, 0) is 31.6 Å². The van der Waals surface area contributed by atoms with Crippen molar-refractivity contribution in [3.8, 4) is 0 Å². The van der Waals surface area contributed by atoms with E-state index >= 15 is 0 Å². The Bertz CT molecular complexity index is 1930. The number of likely N-dealkylation sites (tertiary alicyclic amines) is 1. The summed E-state index contributed by atoms with van der Waals surface area (Å²) in [5, 5.41) is 0. The average molecular weight is 632 g/mol. The number of nitrogen functional groups attached to an aromatic ring is 1. The van der Waals surface area contributed by atoms with Gasteiger partial charge in [0.2, 0.25) is 0 Å². The molecule has 2 aromatic heterocycles. The highest BCUT2D eigenvalue weighted by molar-refractivity contribution is 7.90. The van der Waals surface area contributed by atoms with Crippen molar-refractivity contribution in [3.05, 3.63) is 88.9 Å². The molecule has 230 valence electrons. The molecule has 1 spiro atoms. The van der Waals surface area contributed by atoms with E-state index in [-0.39, 0.29) is 51.5 Å². The summed E-state index contributed by atoms with van der Waals surface area (Å²) < 4.78 is 85.2. The molecule has 0 unspecified atom stereocenters. The summed E-state index contributed by atoms with van der Waals surface area (Å²) in [5.74, 6) is -2.04. The van der Waals surface area contributed by atoms with Crippen molar-refractivity contribution in [3.63, 3.8) is 0 Å². The molecule has 15 heteroatoms. The van der Waals surface area contributed by atoms with Crippen molar-refractivity contribution in [1.82, 2.24) is 18.8 Å². The number of alkyl halides is 3. The van der Waals surface area contributed by atoms with E-state index in [4.69, 9.17) is 5.73 Å². The zero-order valence-corrected chi connectivity index (χ0v) is 24.0. The zero-order valence-electron chi connectivity index (χ0n) is 23.1. The number of carbonyl (C=O) groups is 2. The first-order valence-corrected chi connectivity index (χ1v) is 14.9. The molecule has 0 aliphatic carbocycles. The van der Waals surface area contributed by atoms with Crippen LogP contribution in [0.25, 0.3) is 11.0 Å². The van der Waals surface area contributed by atoms with Gasteiger partial charge in [0.05, 0.1) is 34.8 Å². The lowest BCUT2D eigenvalue weighted by molar-refractivity contribution is -0.324. The van der Waals surface area contributed by atoms with Gasteiger partial charge in [-0.2, -0.15) is 0 Å². The van der Waals surface area contributed by atoms with Gasteiger partial charge in [-0.25, -0.2) is 21.8 Å². The number of carbonyl (C=O) groups excluding carboxylic acids is 2. The highest BCUT2D eigenvalue weighted by atomic mass is 32.2. The lowest BCUT2D eigenvalue weighted by Crippen LogP contribution is -2.50. The fourth-order valence-electron chi connectivity index (χ4n) is 5.98. The minimum absolute atomic E-state index is 0.0244. The number of aromatic nitrogens is 2. The first kappa shape index (κ1) is 29.6. The van der Waals surface area contributed by atoms with Gasteiger partial charge in [-0.15, -0.1) is 13.2 Å². The molecule has 2 aliphatic heterocycles. The molecule has 1 atom stereocenters. The number of nitrogens with two attached hydrogens (primary N) is 1. The quantitative estimate of drug-likeness (QED) is 0.306. The second-order valence-corrected chi connectivity index (χ2v) is 12.4. The van der Waals surface area contributed by atoms with E-state index in [1.54, 1.807) is 19.1 Å². The van der Waals surface area contributed by atoms with Gasteiger partial charge in [-0.3, -0.25) is 14.3 Å². The Labute approximate surface area is 248 Å². The Balaban J connectivity index is 1.47. The van der Waals surface area contributed by atoms with E-state index in [9.17, 15) is 35.6 Å². The van der Waals surface area contributed by atoms with Gasteiger partial charge >= 0.3 is 6.36 Å². The lowest BCUT2D eigenvalue weighted by Gasteiger charge is -2.34. The van der Waals surface area contributed by atoms with E-state index in [2.05, 4.69) is 9.72 Å². The number of aryl methyl sites for hydroxylation is 1. The predicted octanol–water partition coefficient (Wildman–Crippen LogP) is 3.92. The van der Waals surface area contributed by atoms with Gasteiger partial charge < -0.3 is 15.5 Å². The van der Waals surface area contributed by atoms with Crippen molar-refractivity contribution in [1.29, 1.82) is 0 Å². The van der Waals surface area contributed by atoms with Gasteiger partial charge in [0.25, 0.3) is 21.8 Å². The number of rotatable bonds is 7. The average Bonchev–Trinajstić information content (AvgIpc) is 3.55. The van der Waals surface area contributed by atoms with Crippen LogP contribution in [-0.4, -0.2) is 65.0 Å². The standard InChI is InChI=1S/C29H25F4N5O5S/c1-17-2-5-20(6-3-17)44(41,42)38-19(15-23-24(38)8-9-25(34)35-23)16-37-26(39)21-14-18(30)4-7-22(21)28(37)10-11-36(27(28)40)12-13-43-29(31,32)33/h2-9,14-15H,10-13,16H2,1H3,(H2,34,35)/t28-/m0/s1. The lowest BCUT2D eigenvalue weighted by atomic mass is 9.87. The van der Waals surface area contributed by atoms with Gasteiger partial charge in [-0.1, -0.05) is 23.8 Å². The largest absolute Gasteiger partial charge is 0.522 e. The number of hydrogen-bond acceptors (Lipinski definition) is 7. The summed E-state index contributed by atoms with van der Waals surface area (Å²) in [5.41, 5.74) is 5.50. The van der Waals surface area contributed by atoms with Crippen molar-refractivity contribution in [2.45, 2.75) is 36.7 Å². The van der Waals surface area contributed by atoms with Crippen molar-refractivity contribution >= 4 is 38.7 Å². The summed E-state index contributed by atoms with van der Waals surface area (Å²) in [6.07, 6.45) is -4.92. The minimum Gasteiger partial charge on any atom is -0.384 e. The number of nitrogens with zero attached hydrogens (tertiary/aromatic N) is 4. The first-order valence-electron chi connectivity index (χ1n) is 13.4. The Kier molecular flexibility index (Phi) is 6.92. The number of benzene rings is 2. The number of hydrogen-bond donors (Lipinski definition) is 1. The molecule has 2 N–H and O–H groups in total. The molecular weight excluding hydrogens is 606 g/mol. The van der Waals surface area contributed by atoms with Crippen LogP contribution in [0.1, 0.15) is 33.6 Å². The van der Waals surface area contributed by atoms with Crippen molar-refractivity contribution < 1.29 is 40.3 Å². The maximum absolute atomic E-state index is 14.3. The van der Waals surface area contributed by atoms with Crippen molar-refractivity contribution in [2.75, 3.05) is 25.4 Å². The first-order chi connectivity index (χ1) is 20.7. The molecule has 2 aromatic carbocycles. The number of fused-ring (bicyclic) bond motifs is 3. The summed E-state index contributed by atoms with van der Waals surface area (Å²) in [4.78, 5) is 34.4. The fraction of sp³-hybridized carbons (Fsp3) is 0.276. The number of anilines is 1. The normalized spacial score (nSPS) is 18.7. The Hall–Kier alpha value is -4.50. The Morgan fingerprint density at radius 2 is 1.77 bits per heavy atom. The third-order valence-corrected chi connectivity index (χ3v) is 9.74. The summed E-state index contributed by atoms with van der Waals surface area (Å²) >= 11 is 0. The Morgan fingerprint density at radius 1 is 1.05 bits per heavy atom. The monoisotopic (exact) mass is 631 g/mol. The molecule has 1 fully saturated rings. The molecule has 2 aliphatic rings. The molecule has 0 radical (unpaired) electrons. The highest BCUT2D eigenvalue weighted by Gasteiger charge is 2.59. The van der Waals surface area contributed by atoms with Crippen LogP contribution in [0.15, 0.2) is 65.6 Å². The van der Waals surface area contributed by atoms with Crippen LogP contribution < -0.4 is 5.73 Å². The summed E-state index contributed by atoms with van der Waals surface area (Å²) in [7, 11) is -4.28.